The Kier molecular flexibility index (Phi) is 4.37. The number of nitrogens with one attached hydrogen (secondary N) is 1. The van der Waals surface area contributed by atoms with E-state index in [1.54, 1.807) is 25.3 Å². The zero-order valence-electron chi connectivity index (χ0n) is 13.2. The number of aryl methyl sites for hydroxylation is 1. The van der Waals surface area contributed by atoms with E-state index >= 15 is 0 Å². The number of ether oxygens (including phenoxy) is 1. The Labute approximate surface area is 138 Å². The van der Waals surface area contributed by atoms with Crippen LogP contribution in [0.5, 0.6) is 5.75 Å². The van der Waals surface area contributed by atoms with Gasteiger partial charge in [-0.1, -0.05) is 12.1 Å². The van der Waals surface area contributed by atoms with Gasteiger partial charge in [0, 0.05) is 23.0 Å². The van der Waals surface area contributed by atoms with Crippen molar-refractivity contribution in [1.82, 2.24) is 9.97 Å². The number of pyridine rings is 2. The minimum Gasteiger partial charge on any atom is -0.493 e. The number of halogens is 2. The fraction of sp³-hybridized carbons (Fsp3) is 0.111. The molecule has 0 aliphatic carbocycles. The Bertz CT molecular complexity index is 867. The molecule has 122 valence electrons. The van der Waals surface area contributed by atoms with E-state index in [4.69, 9.17) is 4.74 Å². The fourth-order valence-corrected chi connectivity index (χ4v) is 2.27. The molecule has 1 N–H and O–H groups in total. The van der Waals surface area contributed by atoms with Gasteiger partial charge in [-0.05, 0) is 37.3 Å². The molecular weight excluding hydrogens is 312 g/mol. The van der Waals surface area contributed by atoms with Crippen LogP contribution >= 0.6 is 0 Å². The van der Waals surface area contributed by atoms with Crippen LogP contribution in [0, 0.1) is 18.6 Å². The topological polar surface area (TPSA) is 47.0 Å². The third kappa shape index (κ3) is 3.17. The predicted molar refractivity (Wildman–Crippen MR) is 88.4 cm³/mol. The quantitative estimate of drug-likeness (QED) is 0.767. The molecule has 1 aromatic carbocycles. The molecule has 0 radical (unpaired) electrons. The molecular formula is C18H15F2N3O. The summed E-state index contributed by atoms with van der Waals surface area (Å²) >= 11 is 0. The van der Waals surface area contributed by atoms with Crippen molar-refractivity contribution >= 4 is 11.6 Å². The minimum atomic E-state index is -0.887. The molecule has 0 bridgehead atoms. The van der Waals surface area contributed by atoms with Gasteiger partial charge in [0.25, 0.3) is 0 Å². The third-order valence-electron chi connectivity index (χ3n) is 3.49. The zero-order valence-corrected chi connectivity index (χ0v) is 13.2. The smallest absolute Gasteiger partial charge is 0.174 e. The molecule has 0 unspecified atom stereocenters. The molecule has 3 aromatic rings. The summed E-state index contributed by atoms with van der Waals surface area (Å²) in [5.74, 6) is -0.130. The van der Waals surface area contributed by atoms with E-state index in [0.29, 0.717) is 22.9 Å². The molecule has 2 aromatic heterocycles. The average molecular weight is 327 g/mol. The molecule has 24 heavy (non-hydrogen) atoms. The SMILES string of the molecule is COc1ccc(C)nc1Nc1ccc(-c2cccc(F)c2F)cn1. The number of rotatable bonds is 4. The van der Waals surface area contributed by atoms with Crippen LogP contribution in [-0.4, -0.2) is 17.1 Å². The normalized spacial score (nSPS) is 10.5. The monoisotopic (exact) mass is 327 g/mol. The van der Waals surface area contributed by atoms with Crippen molar-refractivity contribution in [2.75, 3.05) is 12.4 Å². The third-order valence-corrected chi connectivity index (χ3v) is 3.49. The fourth-order valence-electron chi connectivity index (χ4n) is 2.27. The molecule has 3 rings (SSSR count). The molecule has 0 atom stereocenters. The predicted octanol–water partition coefficient (Wildman–Crippen LogP) is 4.48. The summed E-state index contributed by atoms with van der Waals surface area (Å²) in [4.78, 5) is 8.59. The summed E-state index contributed by atoms with van der Waals surface area (Å²) in [5, 5.41) is 3.05. The molecule has 0 spiro atoms. The lowest BCUT2D eigenvalue weighted by atomic mass is 10.1. The first kappa shape index (κ1) is 15.9. The second-order valence-electron chi connectivity index (χ2n) is 5.16. The number of nitrogens with zero attached hydrogens (tertiary/aromatic N) is 2. The maximum Gasteiger partial charge on any atom is 0.174 e. The average Bonchev–Trinajstić information content (AvgIpc) is 2.58. The highest BCUT2D eigenvalue weighted by Gasteiger charge is 2.11. The molecule has 0 aliphatic heterocycles. The number of anilines is 2. The molecule has 0 amide bonds. The van der Waals surface area contributed by atoms with E-state index < -0.39 is 11.6 Å². The van der Waals surface area contributed by atoms with Crippen molar-refractivity contribution in [3.8, 4) is 16.9 Å². The van der Waals surface area contributed by atoms with Gasteiger partial charge in [0.1, 0.15) is 5.82 Å². The lowest BCUT2D eigenvalue weighted by Gasteiger charge is -2.11. The summed E-state index contributed by atoms with van der Waals surface area (Å²) in [6, 6.07) is 11.0. The summed E-state index contributed by atoms with van der Waals surface area (Å²) in [6.07, 6.45) is 1.47. The highest BCUT2D eigenvalue weighted by atomic mass is 19.2. The maximum atomic E-state index is 13.8. The van der Waals surface area contributed by atoms with Crippen molar-refractivity contribution in [2.45, 2.75) is 6.92 Å². The highest BCUT2D eigenvalue weighted by Crippen LogP contribution is 2.27. The van der Waals surface area contributed by atoms with E-state index in [2.05, 4.69) is 15.3 Å². The maximum absolute atomic E-state index is 13.8. The summed E-state index contributed by atoms with van der Waals surface area (Å²) in [7, 11) is 1.56. The molecule has 0 fully saturated rings. The van der Waals surface area contributed by atoms with Gasteiger partial charge in [-0.15, -0.1) is 0 Å². The Balaban J connectivity index is 1.88. The Morgan fingerprint density at radius 2 is 1.88 bits per heavy atom. The summed E-state index contributed by atoms with van der Waals surface area (Å²) in [6.45, 7) is 1.87. The first-order chi connectivity index (χ1) is 11.6. The number of hydrogen-bond acceptors (Lipinski definition) is 4. The lowest BCUT2D eigenvalue weighted by Crippen LogP contribution is -2.00. The van der Waals surface area contributed by atoms with Gasteiger partial charge in [-0.25, -0.2) is 18.7 Å². The van der Waals surface area contributed by atoms with Crippen LogP contribution in [0.4, 0.5) is 20.4 Å². The standard InChI is InChI=1S/C18H15F2N3O/c1-11-6-8-15(24-2)18(22-11)23-16-9-7-12(10-21-16)13-4-3-5-14(19)17(13)20/h3-10H,1-2H3,(H,21,22,23). The van der Waals surface area contributed by atoms with Crippen LogP contribution in [0.3, 0.4) is 0 Å². The van der Waals surface area contributed by atoms with Gasteiger partial charge < -0.3 is 10.1 Å². The van der Waals surface area contributed by atoms with Crippen molar-refractivity contribution in [1.29, 1.82) is 0 Å². The van der Waals surface area contributed by atoms with Gasteiger partial charge in [-0.2, -0.15) is 0 Å². The highest BCUT2D eigenvalue weighted by molar-refractivity contribution is 5.66. The Morgan fingerprint density at radius 1 is 1.04 bits per heavy atom. The van der Waals surface area contributed by atoms with Crippen LogP contribution < -0.4 is 10.1 Å². The molecule has 6 heteroatoms. The van der Waals surface area contributed by atoms with Crippen LogP contribution in [0.1, 0.15) is 5.69 Å². The van der Waals surface area contributed by atoms with E-state index in [-0.39, 0.29) is 5.56 Å². The summed E-state index contributed by atoms with van der Waals surface area (Å²) < 4.78 is 32.4. The Hall–Kier alpha value is -3.02. The second kappa shape index (κ2) is 6.62. The second-order valence-corrected chi connectivity index (χ2v) is 5.16. The minimum absolute atomic E-state index is 0.167. The van der Waals surface area contributed by atoms with Crippen LogP contribution in [0.15, 0.2) is 48.7 Å². The number of benzene rings is 1. The number of methoxy groups -OCH3 is 1. The molecule has 4 nitrogen and oxygen atoms in total. The van der Waals surface area contributed by atoms with Gasteiger partial charge in [0.05, 0.1) is 7.11 Å². The van der Waals surface area contributed by atoms with Crippen LogP contribution in [-0.2, 0) is 0 Å². The zero-order chi connectivity index (χ0) is 17.1. The van der Waals surface area contributed by atoms with Crippen LogP contribution in [0.25, 0.3) is 11.1 Å². The van der Waals surface area contributed by atoms with Gasteiger partial charge in [-0.3, -0.25) is 0 Å². The number of aromatic nitrogens is 2. The van der Waals surface area contributed by atoms with Crippen molar-refractivity contribution < 1.29 is 13.5 Å². The molecule has 0 saturated heterocycles. The molecule has 0 saturated carbocycles. The molecule has 0 aliphatic rings. The van der Waals surface area contributed by atoms with Crippen molar-refractivity contribution in [3.05, 3.63) is 66.0 Å². The van der Waals surface area contributed by atoms with Gasteiger partial charge in [0.2, 0.25) is 0 Å². The molecule has 2 heterocycles. The largest absolute Gasteiger partial charge is 0.493 e. The first-order valence-electron chi connectivity index (χ1n) is 7.27. The van der Waals surface area contributed by atoms with Crippen LogP contribution in [0.2, 0.25) is 0 Å². The van der Waals surface area contributed by atoms with E-state index in [9.17, 15) is 8.78 Å². The van der Waals surface area contributed by atoms with Gasteiger partial charge >= 0.3 is 0 Å². The first-order valence-corrected chi connectivity index (χ1v) is 7.27. The van der Waals surface area contributed by atoms with E-state index in [1.807, 2.05) is 13.0 Å². The van der Waals surface area contributed by atoms with Gasteiger partial charge in [0.15, 0.2) is 23.2 Å². The van der Waals surface area contributed by atoms with Crippen molar-refractivity contribution in [3.63, 3.8) is 0 Å². The van der Waals surface area contributed by atoms with E-state index in [0.717, 1.165) is 11.8 Å². The van der Waals surface area contributed by atoms with Crippen molar-refractivity contribution in [2.24, 2.45) is 0 Å². The number of hydrogen-bond donors (Lipinski definition) is 1. The Morgan fingerprint density at radius 3 is 2.58 bits per heavy atom. The summed E-state index contributed by atoms with van der Waals surface area (Å²) in [5.41, 5.74) is 1.48. The lowest BCUT2D eigenvalue weighted by molar-refractivity contribution is 0.415. The van der Waals surface area contributed by atoms with E-state index in [1.165, 1.54) is 18.3 Å².